The average molecular weight is 263 g/mol. The molecule has 0 aromatic heterocycles. The average Bonchev–Trinajstić information content (AvgIpc) is 2.16. The standard InChI is InChI=1S/C12H11BrN2/c13-10-4-9(6-12(15)7-10)8-2-1-3-11(14)5-8/h1-7H,14-15H2. The lowest BCUT2D eigenvalue weighted by molar-refractivity contribution is 1.58. The van der Waals surface area contributed by atoms with E-state index in [2.05, 4.69) is 15.9 Å². The predicted octanol–water partition coefficient (Wildman–Crippen LogP) is 3.28. The molecule has 2 aromatic carbocycles. The monoisotopic (exact) mass is 262 g/mol. The van der Waals surface area contributed by atoms with Gasteiger partial charge in [0.2, 0.25) is 0 Å². The quantitative estimate of drug-likeness (QED) is 0.776. The summed E-state index contributed by atoms with van der Waals surface area (Å²) in [6, 6.07) is 13.6. The summed E-state index contributed by atoms with van der Waals surface area (Å²) < 4.78 is 0.972. The smallest absolute Gasteiger partial charge is 0.0331 e. The lowest BCUT2D eigenvalue weighted by Gasteiger charge is -2.05. The fourth-order valence-electron chi connectivity index (χ4n) is 1.50. The molecular formula is C12H11BrN2. The Morgan fingerprint density at radius 1 is 0.800 bits per heavy atom. The summed E-state index contributed by atoms with van der Waals surface area (Å²) in [6.07, 6.45) is 0. The van der Waals surface area contributed by atoms with E-state index in [-0.39, 0.29) is 0 Å². The van der Waals surface area contributed by atoms with Crippen LogP contribution in [0.3, 0.4) is 0 Å². The number of nitrogen functional groups attached to an aromatic ring is 2. The number of hydrogen-bond donors (Lipinski definition) is 2. The maximum Gasteiger partial charge on any atom is 0.0331 e. The summed E-state index contributed by atoms with van der Waals surface area (Å²) in [7, 11) is 0. The first kappa shape index (κ1) is 10.1. The van der Waals surface area contributed by atoms with E-state index in [4.69, 9.17) is 11.5 Å². The maximum absolute atomic E-state index is 5.77. The zero-order chi connectivity index (χ0) is 10.8. The second-order valence-electron chi connectivity index (χ2n) is 3.40. The Morgan fingerprint density at radius 2 is 1.53 bits per heavy atom. The fourth-order valence-corrected chi connectivity index (χ4v) is 2.01. The van der Waals surface area contributed by atoms with E-state index in [1.54, 1.807) is 0 Å². The van der Waals surface area contributed by atoms with Crippen LogP contribution in [0.1, 0.15) is 0 Å². The van der Waals surface area contributed by atoms with Crippen LogP contribution in [0, 0.1) is 0 Å². The van der Waals surface area contributed by atoms with Crippen molar-refractivity contribution >= 4 is 27.3 Å². The van der Waals surface area contributed by atoms with Crippen LogP contribution < -0.4 is 11.5 Å². The minimum absolute atomic E-state index is 0.738. The van der Waals surface area contributed by atoms with Crippen molar-refractivity contribution in [2.45, 2.75) is 0 Å². The first-order valence-electron chi connectivity index (χ1n) is 4.57. The van der Waals surface area contributed by atoms with Gasteiger partial charge in [-0.25, -0.2) is 0 Å². The largest absolute Gasteiger partial charge is 0.399 e. The van der Waals surface area contributed by atoms with Crippen LogP contribution in [0.5, 0.6) is 0 Å². The summed E-state index contributed by atoms with van der Waals surface area (Å²) >= 11 is 3.42. The van der Waals surface area contributed by atoms with E-state index >= 15 is 0 Å². The van der Waals surface area contributed by atoms with Gasteiger partial charge < -0.3 is 11.5 Å². The van der Waals surface area contributed by atoms with E-state index < -0.39 is 0 Å². The van der Waals surface area contributed by atoms with Gasteiger partial charge in [0.1, 0.15) is 0 Å². The molecule has 0 saturated heterocycles. The highest BCUT2D eigenvalue weighted by Crippen LogP contribution is 2.27. The molecular weight excluding hydrogens is 252 g/mol. The van der Waals surface area contributed by atoms with Gasteiger partial charge in [-0.05, 0) is 41.5 Å². The molecule has 0 unspecified atom stereocenters. The van der Waals surface area contributed by atoms with Crippen LogP contribution in [0.2, 0.25) is 0 Å². The zero-order valence-electron chi connectivity index (χ0n) is 8.07. The van der Waals surface area contributed by atoms with Gasteiger partial charge in [0, 0.05) is 15.8 Å². The van der Waals surface area contributed by atoms with E-state index in [1.165, 1.54) is 0 Å². The minimum atomic E-state index is 0.738. The highest BCUT2D eigenvalue weighted by Gasteiger charge is 2.00. The maximum atomic E-state index is 5.77. The Labute approximate surface area is 97.0 Å². The number of nitrogens with two attached hydrogens (primary N) is 2. The SMILES string of the molecule is Nc1cccc(-c2cc(N)cc(Br)c2)c1. The van der Waals surface area contributed by atoms with Crippen LogP contribution >= 0.6 is 15.9 Å². The number of halogens is 1. The molecule has 15 heavy (non-hydrogen) atoms. The van der Waals surface area contributed by atoms with Gasteiger partial charge in [-0.1, -0.05) is 28.1 Å². The summed E-state index contributed by atoms with van der Waals surface area (Å²) in [6.45, 7) is 0. The Balaban J connectivity index is 2.54. The Morgan fingerprint density at radius 3 is 2.20 bits per heavy atom. The number of rotatable bonds is 1. The zero-order valence-corrected chi connectivity index (χ0v) is 9.66. The van der Waals surface area contributed by atoms with Crippen molar-refractivity contribution in [1.29, 1.82) is 0 Å². The molecule has 0 aliphatic rings. The third kappa shape index (κ3) is 2.30. The topological polar surface area (TPSA) is 52.0 Å². The van der Waals surface area contributed by atoms with Gasteiger partial charge in [0.05, 0.1) is 0 Å². The normalized spacial score (nSPS) is 10.2. The van der Waals surface area contributed by atoms with E-state index in [0.29, 0.717) is 0 Å². The summed E-state index contributed by atoms with van der Waals surface area (Å²) in [5, 5.41) is 0. The van der Waals surface area contributed by atoms with Crippen molar-refractivity contribution < 1.29 is 0 Å². The van der Waals surface area contributed by atoms with Crippen LogP contribution in [0.15, 0.2) is 46.9 Å². The van der Waals surface area contributed by atoms with E-state index in [1.807, 2.05) is 42.5 Å². The van der Waals surface area contributed by atoms with Crippen LogP contribution in [-0.4, -0.2) is 0 Å². The Bertz CT molecular complexity index is 474. The lowest BCUT2D eigenvalue weighted by Crippen LogP contribution is -1.88. The Hall–Kier alpha value is -1.48. The minimum Gasteiger partial charge on any atom is -0.399 e. The second-order valence-corrected chi connectivity index (χ2v) is 4.31. The Kier molecular flexibility index (Phi) is 2.64. The number of anilines is 2. The molecule has 3 heteroatoms. The van der Waals surface area contributed by atoms with Crippen LogP contribution in [0.25, 0.3) is 11.1 Å². The molecule has 0 bridgehead atoms. The third-order valence-electron chi connectivity index (χ3n) is 2.14. The highest BCUT2D eigenvalue weighted by atomic mass is 79.9. The van der Waals surface area contributed by atoms with Gasteiger partial charge in [0.15, 0.2) is 0 Å². The first-order chi connectivity index (χ1) is 7.15. The molecule has 2 nitrogen and oxygen atoms in total. The molecule has 0 aliphatic heterocycles. The fraction of sp³-hybridized carbons (Fsp3) is 0. The molecule has 0 saturated carbocycles. The molecule has 0 amide bonds. The first-order valence-corrected chi connectivity index (χ1v) is 5.36. The number of benzene rings is 2. The third-order valence-corrected chi connectivity index (χ3v) is 2.60. The molecule has 0 aliphatic carbocycles. The van der Waals surface area contributed by atoms with Gasteiger partial charge in [-0.2, -0.15) is 0 Å². The van der Waals surface area contributed by atoms with Gasteiger partial charge in [-0.15, -0.1) is 0 Å². The predicted molar refractivity (Wildman–Crippen MR) is 68.4 cm³/mol. The van der Waals surface area contributed by atoms with Crippen molar-refractivity contribution in [3.63, 3.8) is 0 Å². The molecule has 2 rings (SSSR count). The summed E-state index contributed by atoms with van der Waals surface area (Å²) in [5.41, 5.74) is 15.1. The van der Waals surface area contributed by atoms with Crippen molar-refractivity contribution in [3.8, 4) is 11.1 Å². The van der Waals surface area contributed by atoms with Gasteiger partial charge in [0.25, 0.3) is 0 Å². The van der Waals surface area contributed by atoms with Gasteiger partial charge >= 0.3 is 0 Å². The highest BCUT2D eigenvalue weighted by molar-refractivity contribution is 9.10. The second kappa shape index (κ2) is 3.95. The molecule has 2 aromatic rings. The van der Waals surface area contributed by atoms with E-state index in [9.17, 15) is 0 Å². The summed E-state index contributed by atoms with van der Waals surface area (Å²) in [4.78, 5) is 0. The van der Waals surface area contributed by atoms with E-state index in [0.717, 1.165) is 27.0 Å². The number of hydrogen-bond acceptors (Lipinski definition) is 2. The summed E-state index contributed by atoms with van der Waals surface area (Å²) in [5.74, 6) is 0. The van der Waals surface area contributed by atoms with Crippen LogP contribution in [0.4, 0.5) is 11.4 Å². The molecule has 0 fully saturated rings. The molecule has 76 valence electrons. The van der Waals surface area contributed by atoms with Crippen molar-refractivity contribution in [2.24, 2.45) is 0 Å². The molecule has 0 heterocycles. The molecule has 0 spiro atoms. The van der Waals surface area contributed by atoms with Crippen LogP contribution in [-0.2, 0) is 0 Å². The lowest BCUT2D eigenvalue weighted by atomic mass is 10.0. The molecule has 0 atom stereocenters. The van der Waals surface area contributed by atoms with Gasteiger partial charge in [-0.3, -0.25) is 0 Å². The molecule has 4 N–H and O–H groups in total. The van der Waals surface area contributed by atoms with Crippen molar-refractivity contribution in [2.75, 3.05) is 11.5 Å². The van der Waals surface area contributed by atoms with Crippen molar-refractivity contribution in [3.05, 3.63) is 46.9 Å². The molecule has 0 radical (unpaired) electrons. The van der Waals surface area contributed by atoms with Crippen molar-refractivity contribution in [1.82, 2.24) is 0 Å².